The number of carbonyl (C=O) groups excluding carboxylic acids is 1. The SMILES string of the molecule is CCCC(=O)[C@@]1(CO)CO1. The minimum absolute atomic E-state index is 0.0394. The molecule has 0 unspecified atom stereocenters. The topological polar surface area (TPSA) is 49.8 Å². The molecule has 0 radical (unpaired) electrons. The number of hydrogen-bond donors (Lipinski definition) is 1. The van der Waals surface area contributed by atoms with Crippen molar-refractivity contribution in [2.75, 3.05) is 13.2 Å². The fourth-order valence-electron chi connectivity index (χ4n) is 0.882. The van der Waals surface area contributed by atoms with Crippen LogP contribution in [0.25, 0.3) is 0 Å². The first-order valence-corrected chi connectivity index (χ1v) is 3.53. The standard InChI is InChI=1S/C7H12O3/c1-2-3-6(9)7(4-8)5-10-7/h8H,2-5H2,1H3/t7-/m1/s1. The van der Waals surface area contributed by atoms with Gasteiger partial charge >= 0.3 is 0 Å². The van der Waals surface area contributed by atoms with E-state index in [1.54, 1.807) is 0 Å². The van der Waals surface area contributed by atoms with Crippen LogP contribution in [-0.4, -0.2) is 29.7 Å². The lowest BCUT2D eigenvalue weighted by Crippen LogP contribution is -2.28. The Morgan fingerprint density at radius 3 is 2.70 bits per heavy atom. The van der Waals surface area contributed by atoms with Crippen LogP contribution in [0, 0.1) is 0 Å². The van der Waals surface area contributed by atoms with Gasteiger partial charge in [0.1, 0.15) is 0 Å². The van der Waals surface area contributed by atoms with Crippen LogP contribution in [-0.2, 0) is 9.53 Å². The number of hydrogen-bond acceptors (Lipinski definition) is 3. The van der Waals surface area contributed by atoms with Crippen molar-refractivity contribution in [3.8, 4) is 0 Å². The second-order valence-electron chi connectivity index (χ2n) is 2.61. The van der Waals surface area contributed by atoms with Gasteiger partial charge in [-0.25, -0.2) is 0 Å². The van der Waals surface area contributed by atoms with E-state index in [-0.39, 0.29) is 12.4 Å². The van der Waals surface area contributed by atoms with Gasteiger partial charge in [-0.1, -0.05) is 6.92 Å². The van der Waals surface area contributed by atoms with Gasteiger partial charge in [0.2, 0.25) is 0 Å². The molecule has 1 rings (SSSR count). The van der Waals surface area contributed by atoms with Crippen molar-refractivity contribution >= 4 is 5.78 Å². The van der Waals surface area contributed by atoms with Crippen molar-refractivity contribution in [1.82, 2.24) is 0 Å². The number of carbonyl (C=O) groups is 1. The Morgan fingerprint density at radius 2 is 2.40 bits per heavy atom. The van der Waals surface area contributed by atoms with Gasteiger partial charge < -0.3 is 9.84 Å². The Hall–Kier alpha value is -0.410. The summed E-state index contributed by atoms with van der Waals surface area (Å²) < 4.78 is 4.86. The largest absolute Gasteiger partial charge is 0.393 e. The van der Waals surface area contributed by atoms with Crippen molar-refractivity contribution in [1.29, 1.82) is 0 Å². The quantitative estimate of drug-likeness (QED) is 0.570. The number of aliphatic hydroxyl groups excluding tert-OH is 1. The maximum atomic E-state index is 11.1. The van der Waals surface area contributed by atoms with Crippen LogP contribution in [0.1, 0.15) is 19.8 Å². The maximum Gasteiger partial charge on any atom is 0.172 e. The summed E-state index contributed by atoms with van der Waals surface area (Å²) in [5.41, 5.74) is -0.782. The highest BCUT2D eigenvalue weighted by Gasteiger charge is 2.50. The Balaban J connectivity index is 2.40. The number of aliphatic hydroxyl groups is 1. The highest BCUT2D eigenvalue weighted by atomic mass is 16.6. The van der Waals surface area contributed by atoms with E-state index in [9.17, 15) is 4.79 Å². The van der Waals surface area contributed by atoms with Crippen LogP contribution in [0.5, 0.6) is 0 Å². The first-order valence-electron chi connectivity index (χ1n) is 3.53. The Morgan fingerprint density at radius 1 is 1.80 bits per heavy atom. The van der Waals surface area contributed by atoms with Crippen LogP contribution in [0.4, 0.5) is 0 Å². The highest BCUT2D eigenvalue weighted by molar-refractivity contribution is 5.89. The molecule has 58 valence electrons. The molecule has 0 saturated carbocycles. The lowest BCUT2D eigenvalue weighted by molar-refractivity contribution is -0.125. The first kappa shape index (κ1) is 7.69. The lowest BCUT2D eigenvalue weighted by atomic mass is 10.0. The van der Waals surface area contributed by atoms with Crippen molar-refractivity contribution < 1.29 is 14.6 Å². The van der Waals surface area contributed by atoms with E-state index in [2.05, 4.69) is 0 Å². The number of epoxide rings is 1. The zero-order chi connectivity index (χ0) is 7.61. The molecule has 0 bridgehead atoms. The minimum Gasteiger partial charge on any atom is -0.393 e. The molecule has 1 aliphatic heterocycles. The van der Waals surface area contributed by atoms with Crippen LogP contribution < -0.4 is 0 Å². The van der Waals surface area contributed by atoms with Crippen LogP contribution >= 0.6 is 0 Å². The second-order valence-corrected chi connectivity index (χ2v) is 2.61. The summed E-state index contributed by atoms with van der Waals surface area (Å²) in [6.07, 6.45) is 1.34. The molecule has 3 heteroatoms. The third kappa shape index (κ3) is 1.20. The van der Waals surface area contributed by atoms with Gasteiger partial charge in [0, 0.05) is 6.42 Å². The van der Waals surface area contributed by atoms with Gasteiger partial charge in [0.15, 0.2) is 11.4 Å². The zero-order valence-electron chi connectivity index (χ0n) is 6.09. The van der Waals surface area contributed by atoms with Gasteiger partial charge in [-0.3, -0.25) is 4.79 Å². The number of Topliss-reactive ketones (excluding diaryl/α,β-unsaturated/α-hetero) is 1. The molecule has 0 spiro atoms. The summed E-state index contributed by atoms with van der Waals surface area (Å²) in [6, 6.07) is 0. The lowest BCUT2D eigenvalue weighted by Gasteiger charge is -2.03. The number of ether oxygens (including phenoxy) is 1. The summed E-state index contributed by atoms with van der Waals surface area (Å²) in [7, 11) is 0. The fourth-order valence-corrected chi connectivity index (χ4v) is 0.882. The average molecular weight is 144 g/mol. The molecule has 0 aromatic carbocycles. The van der Waals surface area contributed by atoms with E-state index in [4.69, 9.17) is 9.84 Å². The van der Waals surface area contributed by atoms with Gasteiger partial charge in [-0.2, -0.15) is 0 Å². The average Bonchev–Trinajstić information content (AvgIpc) is 2.68. The summed E-state index contributed by atoms with van der Waals surface area (Å²) in [4.78, 5) is 11.1. The van der Waals surface area contributed by atoms with E-state index in [0.717, 1.165) is 6.42 Å². The number of ketones is 1. The molecule has 3 nitrogen and oxygen atoms in total. The third-order valence-corrected chi connectivity index (χ3v) is 1.73. The molecule has 1 aliphatic rings. The molecular weight excluding hydrogens is 132 g/mol. The molecule has 0 aliphatic carbocycles. The predicted molar refractivity (Wildman–Crippen MR) is 35.7 cm³/mol. The van der Waals surface area contributed by atoms with Crippen LogP contribution in [0.2, 0.25) is 0 Å². The first-order chi connectivity index (χ1) is 4.75. The monoisotopic (exact) mass is 144 g/mol. The molecule has 1 atom stereocenters. The summed E-state index contributed by atoms with van der Waals surface area (Å²) in [6.45, 7) is 2.18. The molecule has 0 aromatic rings. The van der Waals surface area contributed by atoms with Crippen molar-refractivity contribution in [3.63, 3.8) is 0 Å². The van der Waals surface area contributed by atoms with Crippen LogP contribution in [0.3, 0.4) is 0 Å². The predicted octanol–water partition coefficient (Wildman–Crippen LogP) is 0.117. The molecule has 0 amide bonds. The Kier molecular flexibility index (Phi) is 2.06. The van der Waals surface area contributed by atoms with E-state index in [0.29, 0.717) is 13.0 Å². The summed E-state index contributed by atoms with van der Waals surface area (Å²) in [5, 5.41) is 8.71. The Bertz CT molecular complexity index is 138. The molecule has 1 fully saturated rings. The molecule has 1 saturated heterocycles. The molecule has 0 aromatic heterocycles. The van der Waals surface area contributed by atoms with E-state index < -0.39 is 5.60 Å². The van der Waals surface area contributed by atoms with Crippen molar-refractivity contribution in [2.24, 2.45) is 0 Å². The molecule has 1 N–H and O–H groups in total. The van der Waals surface area contributed by atoms with Crippen LogP contribution in [0.15, 0.2) is 0 Å². The van der Waals surface area contributed by atoms with E-state index in [1.165, 1.54) is 0 Å². The molecule has 1 heterocycles. The maximum absolute atomic E-state index is 11.1. The highest BCUT2D eigenvalue weighted by Crippen LogP contribution is 2.28. The smallest absolute Gasteiger partial charge is 0.172 e. The van der Waals surface area contributed by atoms with Crippen molar-refractivity contribution in [2.45, 2.75) is 25.4 Å². The van der Waals surface area contributed by atoms with Crippen molar-refractivity contribution in [3.05, 3.63) is 0 Å². The van der Waals surface area contributed by atoms with E-state index in [1.807, 2.05) is 6.92 Å². The van der Waals surface area contributed by atoms with Gasteiger partial charge in [0.25, 0.3) is 0 Å². The van der Waals surface area contributed by atoms with Gasteiger partial charge in [-0.05, 0) is 6.42 Å². The third-order valence-electron chi connectivity index (χ3n) is 1.73. The molecular formula is C7H12O3. The Labute approximate surface area is 60.0 Å². The van der Waals surface area contributed by atoms with E-state index >= 15 is 0 Å². The zero-order valence-corrected chi connectivity index (χ0v) is 6.09. The number of rotatable bonds is 4. The van der Waals surface area contributed by atoms with Gasteiger partial charge in [-0.15, -0.1) is 0 Å². The summed E-state index contributed by atoms with van der Waals surface area (Å²) in [5.74, 6) is 0.0394. The fraction of sp³-hybridized carbons (Fsp3) is 0.857. The molecule has 10 heavy (non-hydrogen) atoms. The minimum atomic E-state index is -0.782. The summed E-state index contributed by atoms with van der Waals surface area (Å²) >= 11 is 0. The normalized spacial score (nSPS) is 30.2. The van der Waals surface area contributed by atoms with Gasteiger partial charge in [0.05, 0.1) is 13.2 Å². The second kappa shape index (κ2) is 2.68.